The van der Waals surface area contributed by atoms with Crippen LogP contribution in [0.4, 0.5) is 0 Å². The molecule has 11 N–H and O–H groups in total. The summed E-state index contributed by atoms with van der Waals surface area (Å²) in [6.07, 6.45) is 1.02. The minimum Gasteiger partial charge on any atom is -0.370 e. The second kappa shape index (κ2) is 19.1. The van der Waals surface area contributed by atoms with E-state index < -0.39 is 59.5 Å². The Bertz CT molecular complexity index is 1050. The van der Waals surface area contributed by atoms with Crippen LogP contribution in [0.2, 0.25) is 0 Å². The zero-order chi connectivity index (χ0) is 31.7. The minimum atomic E-state index is -1.27. The monoisotopic (exact) mass is 591 g/mol. The lowest BCUT2D eigenvalue weighted by Crippen LogP contribution is -2.57. The van der Waals surface area contributed by atoms with Gasteiger partial charge in [0.15, 0.2) is 0 Å². The van der Waals surface area contributed by atoms with Crippen LogP contribution in [0.25, 0.3) is 0 Å². The number of hydroxylamine groups is 1. The molecule has 234 valence electrons. The number of carbonyl (C=O) groups is 6. The molecular weight excluding hydrogens is 546 g/mol. The largest absolute Gasteiger partial charge is 0.370 e. The van der Waals surface area contributed by atoms with Crippen molar-refractivity contribution in [1.82, 2.24) is 21.4 Å². The lowest BCUT2D eigenvalue weighted by Gasteiger charge is -2.26. The summed E-state index contributed by atoms with van der Waals surface area (Å²) in [5, 5.41) is 16.7. The molecule has 0 aliphatic rings. The van der Waals surface area contributed by atoms with Crippen LogP contribution in [0.1, 0.15) is 64.4 Å². The highest BCUT2D eigenvalue weighted by atomic mass is 16.5. The van der Waals surface area contributed by atoms with Gasteiger partial charge in [-0.05, 0) is 50.1 Å². The number of nitrogens with one attached hydrogen (secondary N) is 4. The first-order chi connectivity index (χ1) is 19.9. The summed E-state index contributed by atoms with van der Waals surface area (Å²) in [4.78, 5) is 75.2. The molecule has 0 aliphatic carbocycles. The van der Waals surface area contributed by atoms with E-state index in [1.165, 1.54) is 5.48 Å². The third-order valence-electron chi connectivity index (χ3n) is 6.52. The Kier molecular flexibility index (Phi) is 16.4. The number of unbranched alkanes of at least 4 members (excludes halogenated alkanes) is 1. The molecule has 0 aromatic heterocycles. The first-order valence-corrected chi connectivity index (χ1v) is 14.0. The molecule has 1 aromatic carbocycles. The van der Waals surface area contributed by atoms with Gasteiger partial charge in [-0.2, -0.15) is 0 Å². The highest BCUT2D eigenvalue weighted by Crippen LogP contribution is 2.17. The van der Waals surface area contributed by atoms with Crippen LogP contribution in [0, 0.1) is 11.8 Å². The summed E-state index contributed by atoms with van der Waals surface area (Å²) >= 11 is 0. The number of hydrogen-bond acceptors (Lipinski definition) is 8. The Morgan fingerprint density at radius 2 is 1.40 bits per heavy atom. The van der Waals surface area contributed by atoms with Crippen LogP contribution >= 0.6 is 0 Å². The predicted molar refractivity (Wildman–Crippen MR) is 154 cm³/mol. The summed E-state index contributed by atoms with van der Waals surface area (Å²) in [5.41, 5.74) is 18.5. The van der Waals surface area contributed by atoms with Gasteiger partial charge >= 0.3 is 0 Å². The third-order valence-corrected chi connectivity index (χ3v) is 6.52. The van der Waals surface area contributed by atoms with Gasteiger partial charge in [0.05, 0.1) is 0 Å². The summed E-state index contributed by atoms with van der Waals surface area (Å²) in [6.45, 7) is 4.12. The van der Waals surface area contributed by atoms with Gasteiger partial charge in [0, 0.05) is 25.2 Å². The fourth-order valence-electron chi connectivity index (χ4n) is 4.35. The maximum absolute atomic E-state index is 13.5. The van der Waals surface area contributed by atoms with Gasteiger partial charge in [0.25, 0.3) is 0 Å². The molecule has 0 radical (unpaired) electrons. The summed E-state index contributed by atoms with van der Waals surface area (Å²) in [6, 6.07) is 5.35. The molecule has 0 unspecified atom stereocenters. The topological polar surface area (TPSA) is 249 Å². The molecule has 14 nitrogen and oxygen atoms in total. The van der Waals surface area contributed by atoms with Crippen LogP contribution < -0.4 is 38.6 Å². The lowest BCUT2D eigenvalue weighted by atomic mass is 9.92. The summed E-state index contributed by atoms with van der Waals surface area (Å²) in [5.74, 6) is -5.11. The SMILES string of the molecule is CC(C)C[C@H](CC(=O)NO)C(=O)N[C@@H](Cc1ccccc1)C(=O)N[C@@H](CCC(N)=O)C(=O)N[C@@H](CCCCN)C(N)=O. The molecule has 1 rings (SSSR count). The fourth-order valence-corrected chi connectivity index (χ4v) is 4.35. The molecule has 0 saturated carbocycles. The Hall–Kier alpha value is -4.04. The Balaban J connectivity index is 3.23. The third kappa shape index (κ3) is 14.0. The van der Waals surface area contributed by atoms with E-state index in [9.17, 15) is 28.8 Å². The number of benzene rings is 1. The highest BCUT2D eigenvalue weighted by molar-refractivity contribution is 5.95. The smallest absolute Gasteiger partial charge is 0.244 e. The van der Waals surface area contributed by atoms with Gasteiger partial charge in [-0.3, -0.25) is 34.0 Å². The van der Waals surface area contributed by atoms with Crippen LogP contribution in [-0.2, 0) is 35.2 Å². The van der Waals surface area contributed by atoms with E-state index in [-0.39, 0.29) is 38.0 Å². The zero-order valence-corrected chi connectivity index (χ0v) is 24.3. The van der Waals surface area contributed by atoms with Gasteiger partial charge in [-0.1, -0.05) is 44.2 Å². The van der Waals surface area contributed by atoms with Crippen LogP contribution in [0.15, 0.2) is 30.3 Å². The second-order valence-electron chi connectivity index (χ2n) is 10.6. The van der Waals surface area contributed by atoms with Crippen molar-refractivity contribution >= 4 is 35.4 Å². The maximum Gasteiger partial charge on any atom is 0.244 e. The van der Waals surface area contributed by atoms with Crippen molar-refractivity contribution in [2.75, 3.05) is 6.54 Å². The van der Waals surface area contributed by atoms with E-state index in [2.05, 4.69) is 16.0 Å². The molecule has 4 atom stereocenters. The first kappa shape index (κ1) is 36.0. The lowest BCUT2D eigenvalue weighted by molar-refractivity contribution is -0.137. The molecule has 0 spiro atoms. The van der Waals surface area contributed by atoms with Crippen LogP contribution in [-0.4, -0.2) is 65.3 Å². The van der Waals surface area contributed by atoms with E-state index in [0.29, 0.717) is 31.4 Å². The molecule has 42 heavy (non-hydrogen) atoms. The van der Waals surface area contributed by atoms with Gasteiger partial charge in [0.1, 0.15) is 18.1 Å². The van der Waals surface area contributed by atoms with Gasteiger partial charge in [-0.25, -0.2) is 5.48 Å². The molecule has 1 aromatic rings. The Morgan fingerprint density at radius 1 is 0.810 bits per heavy atom. The predicted octanol–water partition coefficient (Wildman–Crippen LogP) is -0.879. The number of amides is 6. The van der Waals surface area contributed by atoms with Crippen molar-refractivity contribution in [3.8, 4) is 0 Å². The zero-order valence-electron chi connectivity index (χ0n) is 24.3. The van der Waals surface area contributed by atoms with Crippen LogP contribution in [0.3, 0.4) is 0 Å². The van der Waals surface area contributed by atoms with E-state index in [0.717, 1.165) is 0 Å². The standard InChI is InChI=1S/C28H45N7O7/c1-17(2)14-19(16-24(37)35-42)26(39)34-22(15-18-8-4-3-5-9-18)28(41)33-21(11-12-23(30)36)27(40)32-20(25(31)38)10-6-7-13-29/h3-5,8-9,17,19-22,42H,6-7,10-16,29H2,1-2H3,(H2,30,36)(H2,31,38)(H,32,40)(H,33,41)(H,34,39)(H,35,37)/t19-,20+,21+,22+/m1/s1. The normalized spacial score (nSPS) is 13.7. The van der Waals surface area contributed by atoms with Crippen molar-refractivity contribution in [3.05, 3.63) is 35.9 Å². The van der Waals surface area contributed by atoms with Crippen molar-refractivity contribution < 1.29 is 34.0 Å². The molecule has 6 amide bonds. The Morgan fingerprint density at radius 3 is 1.95 bits per heavy atom. The Labute approximate surface area is 245 Å². The summed E-state index contributed by atoms with van der Waals surface area (Å²) in [7, 11) is 0. The number of carbonyl (C=O) groups excluding carboxylic acids is 6. The van der Waals surface area contributed by atoms with E-state index in [4.69, 9.17) is 22.4 Å². The quantitative estimate of drug-likeness (QED) is 0.0536. The fraction of sp³-hybridized carbons (Fsp3) is 0.571. The first-order valence-electron chi connectivity index (χ1n) is 14.0. The molecular formula is C28H45N7O7. The molecule has 14 heteroatoms. The molecule has 0 saturated heterocycles. The van der Waals surface area contributed by atoms with Crippen molar-refractivity contribution in [2.24, 2.45) is 29.0 Å². The van der Waals surface area contributed by atoms with Gasteiger partial charge in [0.2, 0.25) is 35.4 Å². The van der Waals surface area contributed by atoms with Crippen LogP contribution in [0.5, 0.6) is 0 Å². The van der Waals surface area contributed by atoms with E-state index in [1.54, 1.807) is 30.3 Å². The maximum atomic E-state index is 13.5. The van der Waals surface area contributed by atoms with Crippen molar-refractivity contribution in [1.29, 1.82) is 0 Å². The van der Waals surface area contributed by atoms with Crippen molar-refractivity contribution in [2.45, 2.75) is 83.3 Å². The number of nitrogens with two attached hydrogens (primary N) is 3. The number of hydrogen-bond donors (Lipinski definition) is 8. The van der Waals surface area contributed by atoms with Gasteiger partial charge in [-0.15, -0.1) is 0 Å². The average Bonchev–Trinajstić information content (AvgIpc) is 2.93. The highest BCUT2D eigenvalue weighted by Gasteiger charge is 2.31. The van der Waals surface area contributed by atoms with Crippen molar-refractivity contribution in [3.63, 3.8) is 0 Å². The van der Waals surface area contributed by atoms with E-state index in [1.807, 2.05) is 13.8 Å². The van der Waals surface area contributed by atoms with Gasteiger partial charge < -0.3 is 33.2 Å². The molecule has 0 fully saturated rings. The molecule has 0 bridgehead atoms. The molecule has 0 aliphatic heterocycles. The molecule has 0 heterocycles. The summed E-state index contributed by atoms with van der Waals surface area (Å²) < 4.78 is 0. The number of primary amides is 2. The minimum absolute atomic E-state index is 0.0265. The average molecular weight is 592 g/mol. The number of rotatable bonds is 20. The van der Waals surface area contributed by atoms with E-state index >= 15 is 0 Å². The second-order valence-corrected chi connectivity index (χ2v) is 10.6.